The molecule has 1 aromatic rings. The summed E-state index contributed by atoms with van der Waals surface area (Å²) in [4.78, 5) is 0. The van der Waals surface area contributed by atoms with Gasteiger partial charge >= 0.3 is 0 Å². The number of rotatable bonds is 6. The molecule has 4 nitrogen and oxygen atoms in total. The smallest absolute Gasteiger partial charge is 0.165 e. The van der Waals surface area contributed by atoms with Gasteiger partial charge in [0.25, 0.3) is 0 Å². The molecular formula is C16H25NO3. The molecule has 0 saturated heterocycles. The van der Waals surface area contributed by atoms with Crippen molar-refractivity contribution in [1.29, 1.82) is 0 Å². The highest BCUT2D eigenvalue weighted by molar-refractivity contribution is 5.46. The minimum Gasteiger partial charge on any atom is -0.490 e. The van der Waals surface area contributed by atoms with Crippen molar-refractivity contribution in [3.63, 3.8) is 0 Å². The van der Waals surface area contributed by atoms with Gasteiger partial charge in [0.05, 0.1) is 12.2 Å². The predicted octanol–water partition coefficient (Wildman–Crippen LogP) is 2.62. The van der Waals surface area contributed by atoms with Gasteiger partial charge in [-0.1, -0.05) is 31.4 Å². The van der Waals surface area contributed by atoms with Gasteiger partial charge in [-0.15, -0.1) is 0 Å². The van der Waals surface area contributed by atoms with Gasteiger partial charge in [0, 0.05) is 12.1 Å². The van der Waals surface area contributed by atoms with Crippen molar-refractivity contribution in [2.45, 2.75) is 51.2 Å². The zero-order chi connectivity index (χ0) is 14.4. The summed E-state index contributed by atoms with van der Waals surface area (Å²) >= 11 is 0. The SMILES string of the molecule is CCOc1cccc(CN)c1OCC1(O)CCCCC1. The monoisotopic (exact) mass is 279 g/mol. The summed E-state index contributed by atoms with van der Waals surface area (Å²) < 4.78 is 11.5. The molecule has 1 aliphatic carbocycles. The molecule has 20 heavy (non-hydrogen) atoms. The lowest BCUT2D eigenvalue weighted by Crippen LogP contribution is -2.38. The highest BCUT2D eigenvalue weighted by Gasteiger charge is 2.30. The first-order valence-electron chi connectivity index (χ1n) is 7.48. The summed E-state index contributed by atoms with van der Waals surface area (Å²) in [5, 5.41) is 10.5. The third-order valence-corrected chi connectivity index (χ3v) is 3.85. The Morgan fingerprint density at radius 1 is 1.20 bits per heavy atom. The molecule has 0 unspecified atom stereocenters. The van der Waals surface area contributed by atoms with Crippen molar-refractivity contribution in [1.82, 2.24) is 0 Å². The van der Waals surface area contributed by atoms with E-state index in [0.717, 1.165) is 31.2 Å². The van der Waals surface area contributed by atoms with E-state index in [0.29, 0.717) is 31.3 Å². The molecule has 4 heteroatoms. The lowest BCUT2D eigenvalue weighted by atomic mass is 9.85. The minimum absolute atomic E-state index is 0.310. The molecule has 1 saturated carbocycles. The Morgan fingerprint density at radius 2 is 1.95 bits per heavy atom. The van der Waals surface area contributed by atoms with E-state index in [9.17, 15) is 5.11 Å². The summed E-state index contributed by atoms with van der Waals surface area (Å²) in [7, 11) is 0. The van der Waals surface area contributed by atoms with Gasteiger partial charge in [-0.05, 0) is 25.8 Å². The van der Waals surface area contributed by atoms with Crippen molar-refractivity contribution in [2.75, 3.05) is 13.2 Å². The number of aliphatic hydroxyl groups is 1. The highest BCUT2D eigenvalue weighted by Crippen LogP contribution is 2.34. The van der Waals surface area contributed by atoms with Gasteiger partial charge in [-0.3, -0.25) is 0 Å². The molecule has 0 radical (unpaired) electrons. The van der Waals surface area contributed by atoms with Crippen LogP contribution in [0.2, 0.25) is 0 Å². The van der Waals surface area contributed by atoms with Crippen LogP contribution in [0, 0.1) is 0 Å². The van der Waals surface area contributed by atoms with Crippen LogP contribution >= 0.6 is 0 Å². The van der Waals surface area contributed by atoms with E-state index >= 15 is 0 Å². The van der Waals surface area contributed by atoms with Crippen LogP contribution in [0.25, 0.3) is 0 Å². The van der Waals surface area contributed by atoms with Crippen LogP contribution in [-0.2, 0) is 6.54 Å². The third kappa shape index (κ3) is 3.64. The van der Waals surface area contributed by atoms with Crippen molar-refractivity contribution in [2.24, 2.45) is 5.73 Å². The number of benzene rings is 1. The van der Waals surface area contributed by atoms with Crippen LogP contribution in [0.4, 0.5) is 0 Å². The normalized spacial score (nSPS) is 17.8. The maximum Gasteiger partial charge on any atom is 0.165 e. The Kier molecular flexibility index (Phi) is 5.26. The summed E-state index contributed by atoms with van der Waals surface area (Å²) in [5.74, 6) is 1.38. The molecule has 0 aromatic heterocycles. The molecule has 0 spiro atoms. The fourth-order valence-electron chi connectivity index (χ4n) is 2.72. The maximum atomic E-state index is 10.5. The zero-order valence-corrected chi connectivity index (χ0v) is 12.2. The second-order valence-electron chi connectivity index (χ2n) is 5.46. The van der Waals surface area contributed by atoms with Gasteiger partial charge < -0.3 is 20.3 Å². The van der Waals surface area contributed by atoms with Crippen LogP contribution in [0.1, 0.15) is 44.6 Å². The lowest BCUT2D eigenvalue weighted by molar-refractivity contribution is -0.0346. The highest BCUT2D eigenvalue weighted by atomic mass is 16.5. The van der Waals surface area contributed by atoms with Gasteiger partial charge in [0.1, 0.15) is 6.61 Å². The number of hydrogen-bond donors (Lipinski definition) is 2. The van der Waals surface area contributed by atoms with Crippen molar-refractivity contribution < 1.29 is 14.6 Å². The molecule has 1 fully saturated rings. The van der Waals surface area contributed by atoms with E-state index in [-0.39, 0.29) is 0 Å². The average molecular weight is 279 g/mol. The maximum absolute atomic E-state index is 10.5. The molecule has 1 aliphatic rings. The molecule has 3 N–H and O–H groups in total. The average Bonchev–Trinajstić information content (AvgIpc) is 2.47. The summed E-state index contributed by atoms with van der Waals surface area (Å²) in [6.07, 6.45) is 4.95. The molecule has 0 bridgehead atoms. The van der Waals surface area contributed by atoms with Gasteiger partial charge in [0.2, 0.25) is 0 Å². The Labute approximate surface area is 120 Å². The van der Waals surface area contributed by atoms with E-state index < -0.39 is 5.60 Å². The van der Waals surface area contributed by atoms with E-state index in [1.54, 1.807) is 0 Å². The Bertz CT molecular complexity index is 428. The van der Waals surface area contributed by atoms with E-state index in [1.165, 1.54) is 6.42 Å². The molecule has 1 aromatic carbocycles. The number of nitrogens with two attached hydrogens (primary N) is 1. The lowest BCUT2D eigenvalue weighted by Gasteiger charge is -2.32. The fraction of sp³-hybridized carbons (Fsp3) is 0.625. The molecule has 0 heterocycles. The van der Waals surface area contributed by atoms with E-state index in [1.807, 2.05) is 25.1 Å². The standard InChI is InChI=1S/C16H25NO3/c1-2-19-14-8-6-7-13(11-17)15(14)20-12-16(18)9-4-3-5-10-16/h6-8,18H,2-5,9-12,17H2,1H3. The van der Waals surface area contributed by atoms with Crippen molar-refractivity contribution in [3.8, 4) is 11.5 Å². The predicted molar refractivity (Wildman–Crippen MR) is 79.0 cm³/mol. The van der Waals surface area contributed by atoms with E-state index in [2.05, 4.69) is 0 Å². The quantitative estimate of drug-likeness (QED) is 0.840. The first-order valence-corrected chi connectivity index (χ1v) is 7.48. The van der Waals surface area contributed by atoms with Crippen LogP contribution in [-0.4, -0.2) is 23.9 Å². The Hall–Kier alpha value is -1.26. The second kappa shape index (κ2) is 6.95. The van der Waals surface area contributed by atoms with Gasteiger partial charge in [-0.2, -0.15) is 0 Å². The summed E-state index contributed by atoms with van der Waals surface area (Å²) in [6, 6.07) is 5.72. The van der Waals surface area contributed by atoms with Crippen molar-refractivity contribution in [3.05, 3.63) is 23.8 Å². The number of hydrogen-bond acceptors (Lipinski definition) is 4. The number of ether oxygens (including phenoxy) is 2. The molecule has 0 amide bonds. The fourth-order valence-corrected chi connectivity index (χ4v) is 2.72. The largest absolute Gasteiger partial charge is 0.490 e. The topological polar surface area (TPSA) is 64.7 Å². The molecule has 2 rings (SSSR count). The van der Waals surface area contributed by atoms with Gasteiger partial charge in [0.15, 0.2) is 11.5 Å². The molecular weight excluding hydrogens is 254 g/mol. The van der Waals surface area contributed by atoms with Crippen LogP contribution in [0.5, 0.6) is 11.5 Å². The summed E-state index contributed by atoms with van der Waals surface area (Å²) in [6.45, 7) is 3.22. The van der Waals surface area contributed by atoms with Crippen LogP contribution < -0.4 is 15.2 Å². The second-order valence-corrected chi connectivity index (χ2v) is 5.46. The van der Waals surface area contributed by atoms with Crippen LogP contribution in [0.15, 0.2) is 18.2 Å². The van der Waals surface area contributed by atoms with Gasteiger partial charge in [-0.25, -0.2) is 0 Å². The molecule has 0 atom stereocenters. The zero-order valence-electron chi connectivity index (χ0n) is 12.2. The first-order chi connectivity index (χ1) is 9.68. The van der Waals surface area contributed by atoms with E-state index in [4.69, 9.17) is 15.2 Å². The molecule has 112 valence electrons. The Morgan fingerprint density at radius 3 is 2.60 bits per heavy atom. The van der Waals surface area contributed by atoms with Crippen molar-refractivity contribution >= 4 is 0 Å². The van der Waals surface area contributed by atoms with Crippen LogP contribution in [0.3, 0.4) is 0 Å². The molecule has 0 aliphatic heterocycles. The Balaban J connectivity index is 2.10. The minimum atomic E-state index is -0.705. The third-order valence-electron chi connectivity index (χ3n) is 3.85. The first kappa shape index (κ1) is 15.1. The number of para-hydroxylation sites is 1. The summed E-state index contributed by atoms with van der Waals surface area (Å²) in [5.41, 5.74) is 5.97.